The molecule has 0 nitrogen and oxygen atoms in total. The van der Waals surface area contributed by atoms with Crippen molar-refractivity contribution < 1.29 is 0 Å². The van der Waals surface area contributed by atoms with Crippen LogP contribution in [0.2, 0.25) is 0 Å². The Morgan fingerprint density at radius 2 is 2.08 bits per heavy atom. The molecule has 0 amide bonds. The number of halogens is 1. The molecule has 2 heteroatoms. The molecular weight excluding hydrogens is 244 g/mol. The molecule has 0 fully saturated rings. The van der Waals surface area contributed by atoms with E-state index in [1.165, 1.54) is 25.0 Å². The second kappa shape index (κ2) is 3.43. The molecule has 0 N–H and O–H groups in total. The van der Waals surface area contributed by atoms with Gasteiger partial charge < -0.3 is 0 Å². The fourth-order valence-corrected chi connectivity index (χ4v) is 3.18. The zero-order valence-corrected chi connectivity index (χ0v) is 10.1. The predicted octanol–water partition coefficient (Wildman–Crippen LogP) is 4.53. The van der Waals surface area contributed by atoms with Crippen LogP contribution in [0.5, 0.6) is 0 Å². The van der Waals surface area contributed by atoms with E-state index in [0.29, 0.717) is 0 Å². The zero-order valence-electron chi connectivity index (χ0n) is 7.73. The molecule has 2 rings (SSSR count). The molecule has 1 aromatic carbocycles. The standard InChI is InChI=1S/C11H11BrS/c1-3-8-5-10(12)6-9-4-7(2)13-11(8)9/h4-6H,3H2,1-2H3. The van der Waals surface area contributed by atoms with Gasteiger partial charge in [0, 0.05) is 14.0 Å². The Kier molecular flexibility index (Phi) is 2.43. The van der Waals surface area contributed by atoms with E-state index in [1.807, 2.05) is 11.3 Å². The zero-order chi connectivity index (χ0) is 9.42. The summed E-state index contributed by atoms with van der Waals surface area (Å²) >= 11 is 5.43. The van der Waals surface area contributed by atoms with E-state index < -0.39 is 0 Å². The number of rotatable bonds is 1. The number of thiophene rings is 1. The molecule has 0 aliphatic rings. The fourth-order valence-electron chi connectivity index (χ4n) is 1.58. The smallest absolute Gasteiger partial charge is 0.0378 e. The van der Waals surface area contributed by atoms with Crippen molar-refractivity contribution in [1.82, 2.24) is 0 Å². The second-order valence-corrected chi connectivity index (χ2v) is 5.37. The first kappa shape index (κ1) is 9.22. The van der Waals surface area contributed by atoms with Crippen LogP contribution in [-0.2, 0) is 6.42 Å². The fraction of sp³-hybridized carbons (Fsp3) is 0.273. The van der Waals surface area contributed by atoms with Crippen LogP contribution < -0.4 is 0 Å². The molecule has 13 heavy (non-hydrogen) atoms. The molecule has 0 bridgehead atoms. The molecule has 1 heterocycles. The quantitative estimate of drug-likeness (QED) is 0.702. The summed E-state index contributed by atoms with van der Waals surface area (Å²) in [6, 6.07) is 6.67. The van der Waals surface area contributed by atoms with Crippen molar-refractivity contribution in [3.8, 4) is 0 Å². The first-order chi connectivity index (χ1) is 6.20. The summed E-state index contributed by atoms with van der Waals surface area (Å²) in [6.45, 7) is 4.37. The van der Waals surface area contributed by atoms with E-state index in [4.69, 9.17) is 0 Å². The van der Waals surface area contributed by atoms with Gasteiger partial charge in [0.05, 0.1) is 0 Å². The highest BCUT2D eigenvalue weighted by molar-refractivity contribution is 9.10. The van der Waals surface area contributed by atoms with Crippen molar-refractivity contribution in [3.05, 3.63) is 33.1 Å². The monoisotopic (exact) mass is 254 g/mol. The highest BCUT2D eigenvalue weighted by Gasteiger charge is 2.04. The summed E-state index contributed by atoms with van der Waals surface area (Å²) in [6.07, 6.45) is 1.11. The lowest BCUT2D eigenvalue weighted by atomic mass is 10.1. The van der Waals surface area contributed by atoms with Gasteiger partial charge in [0.15, 0.2) is 0 Å². The third-order valence-electron chi connectivity index (χ3n) is 2.16. The number of fused-ring (bicyclic) bond motifs is 1. The second-order valence-electron chi connectivity index (χ2n) is 3.19. The normalized spacial score (nSPS) is 11.0. The third-order valence-corrected chi connectivity index (χ3v) is 3.76. The predicted molar refractivity (Wildman–Crippen MR) is 63.6 cm³/mol. The summed E-state index contributed by atoms with van der Waals surface area (Å²) in [7, 11) is 0. The van der Waals surface area contributed by atoms with E-state index >= 15 is 0 Å². The lowest BCUT2D eigenvalue weighted by Crippen LogP contribution is -1.79. The van der Waals surface area contributed by atoms with E-state index in [9.17, 15) is 0 Å². The number of hydrogen-bond acceptors (Lipinski definition) is 1. The Morgan fingerprint density at radius 3 is 2.77 bits per heavy atom. The minimum Gasteiger partial charge on any atom is -0.140 e. The molecule has 0 aliphatic carbocycles. The molecule has 68 valence electrons. The van der Waals surface area contributed by atoms with Crippen molar-refractivity contribution in [2.45, 2.75) is 20.3 Å². The molecule has 0 saturated heterocycles. The van der Waals surface area contributed by atoms with Crippen LogP contribution in [-0.4, -0.2) is 0 Å². The van der Waals surface area contributed by atoms with Crippen molar-refractivity contribution in [2.75, 3.05) is 0 Å². The summed E-state index contributed by atoms with van der Waals surface area (Å²) in [5.41, 5.74) is 1.45. The minimum absolute atomic E-state index is 1.11. The topological polar surface area (TPSA) is 0 Å². The number of aryl methyl sites for hydroxylation is 2. The van der Waals surface area contributed by atoms with Gasteiger partial charge in [-0.2, -0.15) is 0 Å². The summed E-state index contributed by atoms with van der Waals surface area (Å²) in [5.74, 6) is 0. The van der Waals surface area contributed by atoms with Gasteiger partial charge in [-0.3, -0.25) is 0 Å². The van der Waals surface area contributed by atoms with Gasteiger partial charge in [-0.1, -0.05) is 22.9 Å². The lowest BCUT2D eigenvalue weighted by Gasteiger charge is -1.99. The molecule has 0 radical (unpaired) electrons. The SMILES string of the molecule is CCc1cc(Br)cc2cc(C)sc12. The number of benzene rings is 1. The van der Waals surface area contributed by atoms with Crippen LogP contribution in [0.4, 0.5) is 0 Å². The Bertz CT molecular complexity index is 443. The Balaban J connectivity index is 2.80. The Labute approximate surface area is 90.7 Å². The average Bonchev–Trinajstić information content (AvgIpc) is 2.43. The van der Waals surface area contributed by atoms with Crippen LogP contribution in [0.3, 0.4) is 0 Å². The number of hydrogen-bond donors (Lipinski definition) is 0. The van der Waals surface area contributed by atoms with E-state index in [-0.39, 0.29) is 0 Å². The molecule has 0 unspecified atom stereocenters. The molecule has 1 aromatic heterocycles. The molecule has 2 aromatic rings. The highest BCUT2D eigenvalue weighted by Crippen LogP contribution is 2.31. The third kappa shape index (κ3) is 1.65. The maximum absolute atomic E-state index is 3.54. The highest BCUT2D eigenvalue weighted by atomic mass is 79.9. The van der Waals surface area contributed by atoms with Gasteiger partial charge >= 0.3 is 0 Å². The first-order valence-electron chi connectivity index (χ1n) is 4.39. The van der Waals surface area contributed by atoms with Gasteiger partial charge in [0.2, 0.25) is 0 Å². The van der Waals surface area contributed by atoms with Crippen LogP contribution in [0, 0.1) is 6.92 Å². The summed E-state index contributed by atoms with van der Waals surface area (Å²) in [4.78, 5) is 1.39. The molecule has 0 aliphatic heterocycles. The van der Waals surface area contributed by atoms with Crippen LogP contribution in [0.1, 0.15) is 17.4 Å². The van der Waals surface area contributed by atoms with Crippen LogP contribution >= 0.6 is 27.3 Å². The van der Waals surface area contributed by atoms with Crippen molar-refractivity contribution in [1.29, 1.82) is 0 Å². The Hall–Kier alpha value is -0.340. The van der Waals surface area contributed by atoms with E-state index in [0.717, 1.165) is 6.42 Å². The van der Waals surface area contributed by atoms with Crippen molar-refractivity contribution in [2.24, 2.45) is 0 Å². The van der Waals surface area contributed by atoms with Crippen LogP contribution in [0.15, 0.2) is 22.7 Å². The van der Waals surface area contributed by atoms with Crippen LogP contribution in [0.25, 0.3) is 10.1 Å². The van der Waals surface area contributed by atoms with Crippen molar-refractivity contribution in [3.63, 3.8) is 0 Å². The van der Waals surface area contributed by atoms with E-state index in [1.54, 1.807) is 0 Å². The lowest BCUT2D eigenvalue weighted by molar-refractivity contribution is 1.16. The largest absolute Gasteiger partial charge is 0.140 e. The van der Waals surface area contributed by atoms with Gasteiger partial charge in [0.25, 0.3) is 0 Å². The van der Waals surface area contributed by atoms with Crippen molar-refractivity contribution >= 4 is 37.4 Å². The maximum Gasteiger partial charge on any atom is 0.0378 e. The van der Waals surface area contributed by atoms with Gasteiger partial charge in [-0.25, -0.2) is 0 Å². The molecule has 0 spiro atoms. The van der Waals surface area contributed by atoms with Gasteiger partial charge in [-0.15, -0.1) is 11.3 Å². The molecule has 0 atom stereocenters. The van der Waals surface area contributed by atoms with E-state index in [2.05, 4.69) is 48.0 Å². The average molecular weight is 255 g/mol. The Morgan fingerprint density at radius 1 is 1.31 bits per heavy atom. The minimum atomic E-state index is 1.11. The molecule has 0 saturated carbocycles. The summed E-state index contributed by atoms with van der Waals surface area (Å²) < 4.78 is 2.64. The van der Waals surface area contributed by atoms with Gasteiger partial charge in [0.1, 0.15) is 0 Å². The first-order valence-corrected chi connectivity index (χ1v) is 6.00. The van der Waals surface area contributed by atoms with Gasteiger partial charge in [-0.05, 0) is 42.5 Å². The summed E-state index contributed by atoms with van der Waals surface area (Å²) in [5, 5.41) is 1.37. The molecular formula is C11H11BrS. The maximum atomic E-state index is 3.54.